The number of anilines is 1. The number of aryl methyl sites for hydroxylation is 1. The largest absolute Gasteiger partial charge is 0.497 e. The van der Waals surface area contributed by atoms with Gasteiger partial charge in [0.05, 0.1) is 19.7 Å². The lowest BCUT2D eigenvalue weighted by atomic mass is 9.98. The first-order valence-corrected chi connectivity index (χ1v) is 11.2. The van der Waals surface area contributed by atoms with Crippen molar-refractivity contribution in [2.45, 2.75) is 13.0 Å². The number of methoxy groups -OCH3 is 1. The highest BCUT2D eigenvalue weighted by Gasteiger charge is 2.22. The second-order valence-corrected chi connectivity index (χ2v) is 8.20. The molecule has 0 spiro atoms. The van der Waals surface area contributed by atoms with Crippen LogP contribution in [0.5, 0.6) is 5.75 Å². The number of benzene rings is 3. The van der Waals surface area contributed by atoms with Gasteiger partial charge < -0.3 is 14.5 Å². The number of rotatable bonds is 7. The highest BCUT2D eigenvalue weighted by Crippen LogP contribution is 2.23. The standard InChI is InChI=1S/C27H31N3O2/c1-21-8-10-23(11-9-21)27(22-6-4-3-5-7-22)28-20-26(31)30-18-16-29(17-19-30)24-12-14-25(32-2)15-13-24/h3-15,27-28H,16-20H2,1-2H3/t27-/m0/s1. The Morgan fingerprint density at radius 1 is 0.875 bits per heavy atom. The summed E-state index contributed by atoms with van der Waals surface area (Å²) in [7, 11) is 1.68. The van der Waals surface area contributed by atoms with Crippen molar-refractivity contribution < 1.29 is 9.53 Å². The Labute approximate surface area is 190 Å². The van der Waals surface area contributed by atoms with E-state index in [0.29, 0.717) is 6.54 Å². The van der Waals surface area contributed by atoms with Crippen molar-refractivity contribution in [2.75, 3.05) is 44.7 Å². The van der Waals surface area contributed by atoms with Gasteiger partial charge in [-0.05, 0) is 42.3 Å². The number of carbonyl (C=O) groups excluding carboxylic acids is 1. The zero-order chi connectivity index (χ0) is 22.3. The Morgan fingerprint density at radius 2 is 1.50 bits per heavy atom. The molecule has 1 N–H and O–H groups in total. The van der Waals surface area contributed by atoms with Gasteiger partial charge in [0.2, 0.25) is 5.91 Å². The van der Waals surface area contributed by atoms with Gasteiger partial charge in [-0.15, -0.1) is 0 Å². The van der Waals surface area contributed by atoms with Crippen LogP contribution in [0.25, 0.3) is 0 Å². The summed E-state index contributed by atoms with van der Waals surface area (Å²) in [5.41, 5.74) is 4.72. The van der Waals surface area contributed by atoms with E-state index in [4.69, 9.17) is 4.74 Å². The molecule has 0 bridgehead atoms. The quantitative estimate of drug-likeness (QED) is 0.616. The van der Waals surface area contributed by atoms with Crippen molar-refractivity contribution in [1.82, 2.24) is 10.2 Å². The summed E-state index contributed by atoms with van der Waals surface area (Å²) in [6, 6.07) is 26.9. The molecule has 1 atom stereocenters. The van der Waals surface area contributed by atoms with E-state index in [9.17, 15) is 4.79 Å². The minimum atomic E-state index is -0.0126. The summed E-state index contributed by atoms with van der Waals surface area (Å²) >= 11 is 0. The third-order valence-corrected chi connectivity index (χ3v) is 6.07. The molecule has 1 saturated heterocycles. The first-order valence-electron chi connectivity index (χ1n) is 11.2. The molecule has 0 saturated carbocycles. The van der Waals surface area contributed by atoms with Crippen LogP contribution in [0.2, 0.25) is 0 Å². The molecule has 1 heterocycles. The second kappa shape index (κ2) is 10.3. The average molecular weight is 430 g/mol. The molecule has 0 aliphatic carbocycles. The summed E-state index contributed by atoms with van der Waals surface area (Å²) < 4.78 is 5.24. The van der Waals surface area contributed by atoms with Crippen molar-refractivity contribution in [2.24, 2.45) is 0 Å². The number of amides is 1. The van der Waals surface area contributed by atoms with E-state index in [1.165, 1.54) is 16.8 Å². The lowest BCUT2D eigenvalue weighted by Crippen LogP contribution is -2.51. The van der Waals surface area contributed by atoms with Crippen LogP contribution < -0.4 is 15.0 Å². The van der Waals surface area contributed by atoms with E-state index in [-0.39, 0.29) is 11.9 Å². The Morgan fingerprint density at radius 3 is 2.12 bits per heavy atom. The summed E-state index contributed by atoms with van der Waals surface area (Å²) in [5, 5.41) is 3.51. The minimum absolute atomic E-state index is 0.0126. The molecule has 0 unspecified atom stereocenters. The molecular formula is C27H31N3O2. The Balaban J connectivity index is 1.36. The smallest absolute Gasteiger partial charge is 0.236 e. The molecule has 1 aliphatic heterocycles. The SMILES string of the molecule is COc1ccc(N2CCN(C(=O)CN[C@@H](c3ccccc3)c3ccc(C)cc3)CC2)cc1. The summed E-state index contributed by atoms with van der Waals surface area (Å²) in [4.78, 5) is 17.3. The monoisotopic (exact) mass is 429 g/mol. The first-order chi connectivity index (χ1) is 15.6. The first kappa shape index (κ1) is 21.9. The molecule has 0 aromatic heterocycles. The number of nitrogens with zero attached hydrogens (tertiary/aromatic N) is 2. The maximum absolute atomic E-state index is 13.0. The molecule has 5 heteroatoms. The van der Waals surface area contributed by atoms with Crippen molar-refractivity contribution in [1.29, 1.82) is 0 Å². The molecule has 3 aromatic carbocycles. The topological polar surface area (TPSA) is 44.8 Å². The molecule has 5 nitrogen and oxygen atoms in total. The van der Waals surface area contributed by atoms with E-state index < -0.39 is 0 Å². The second-order valence-electron chi connectivity index (χ2n) is 8.20. The van der Waals surface area contributed by atoms with Crippen LogP contribution in [0.4, 0.5) is 5.69 Å². The number of hydrogen-bond acceptors (Lipinski definition) is 4. The Bertz CT molecular complexity index is 995. The maximum atomic E-state index is 13.0. The van der Waals surface area contributed by atoms with Crippen LogP contribution in [-0.4, -0.2) is 50.6 Å². The number of hydrogen-bond donors (Lipinski definition) is 1. The molecule has 1 amide bonds. The normalized spacial score (nSPS) is 14.8. The predicted molar refractivity (Wildman–Crippen MR) is 129 cm³/mol. The molecule has 1 aliphatic rings. The van der Waals surface area contributed by atoms with Gasteiger partial charge in [0, 0.05) is 31.9 Å². The van der Waals surface area contributed by atoms with Crippen LogP contribution in [0.3, 0.4) is 0 Å². The van der Waals surface area contributed by atoms with E-state index in [1.807, 2.05) is 35.2 Å². The average Bonchev–Trinajstić information content (AvgIpc) is 2.86. The van der Waals surface area contributed by atoms with Gasteiger partial charge in [0.25, 0.3) is 0 Å². The third-order valence-electron chi connectivity index (χ3n) is 6.07. The Hall–Kier alpha value is -3.31. The van der Waals surface area contributed by atoms with Crippen LogP contribution in [0, 0.1) is 6.92 Å². The molecule has 3 aromatic rings. The lowest BCUT2D eigenvalue weighted by Gasteiger charge is -2.36. The fourth-order valence-electron chi connectivity index (χ4n) is 4.14. The van der Waals surface area contributed by atoms with Gasteiger partial charge >= 0.3 is 0 Å². The van der Waals surface area contributed by atoms with Crippen LogP contribution in [0.15, 0.2) is 78.9 Å². The summed E-state index contributed by atoms with van der Waals surface area (Å²) in [5.74, 6) is 1.00. The zero-order valence-electron chi connectivity index (χ0n) is 18.8. The lowest BCUT2D eigenvalue weighted by molar-refractivity contribution is -0.130. The van der Waals surface area contributed by atoms with Gasteiger partial charge in [-0.25, -0.2) is 0 Å². The molecule has 4 rings (SSSR count). The highest BCUT2D eigenvalue weighted by molar-refractivity contribution is 5.78. The molecular weight excluding hydrogens is 398 g/mol. The molecule has 1 fully saturated rings. The van der Waals surface area contributed by atoms with E-state index >= 15 is 0 Å². The van der Waals surface area contributed by atoms with Crippen LogP contribution in [0.1, 0.15) is 22.7 Å². The van der Waals surface area contributed by atoms with E-state index in [1.54, 1.807) is 7.11 Å². The van der Waals surface area contributed by atoms with Crippen molar-refractivity contribution in [3.05, 3.63) is 95.6 Å². The number of carbonyl (C=O) groups is 1. The number of ether oxygens (including phenoxy) is 1. The van der Waals surface area contributed by atoms with Gasteiger partial charge in [-0.1, -0.05) is 60.2 Å². The number of nitrogens with one attached hydrogen (secondary N) is 1. The van der Waals surface area contributed by atoms with E-state index in [2.05, 4.69) is 65.7 Å². The third kappa shape index (κ3) is 5.29. The molecule has 32 heavy (non-hydrogen) atoms. The fraction of sp³-hybridized carbons (Fsp3) is 0.296. The summed E-state index contributed by atoms with van der Waals surface area (Å²) in [6.07, 6.45) is 0. The fourth-order valence-corrected chi connectivity index (χ4v) is 4.14. The van der Waals surface area contributed by atoms with Crippen molar-refractivity contribution in [3.8, 4) is 5.75 Å². The highest BCUT2D eigenvalue weighted by atomic mass is 16.5. The number of piperazine rings is 1. The van der Waals surface area contributed by atoms with Crippen molar-refractivity contribution in [3.63, 3.8) is 0 Å². The zero-order valence-corrected chi connectivity index (χ0v) is 18.8. The van der Waals surface area contributed by atoms with Crippen molar-refractivity contribution >= 4 is 11.6 Å². The molecule has 166 valence electrons. The van der Waals surface area contributed by atoms with Gasteiger partial charge in [0.1, 0.15) is 5.75 Å². The minimum Gasteiger partial charge on any atom is -0.497 e. The maximum Gasteiger partial charge on any atom is 0.236 e. The molecule has 0 radical (unpaired) electrons. The van der Waals surface area contributed by atoms with Crippen LogP contribution in [-0.2, 0) is 4.79 Å². The van der Waals surface area contributed by atoms with E-state index in [0.717, 1.165) is 37.5 Å². The Kier molecular flexibility index (Phi) is 7.07. The van der Waals surface area contributed by atoms with Gasteiger partial charge in [0.15, 0.2) is 0 Å². The van der Waals surface area contributed by atoms with Crippen LogP contribution >= 0.6 is 0 Å². The van der Waals surface area contributed by atoms with Gasteiger partial charge in [-0.2, -0.15) is 0 Å². The van der Waals surface area contributed by atoms with Gasteiger partial charge in [-0.3, -0.25) is 10.1 Å². The predicted octanol–water partition coefficient (Wildman–Crippen LogP) is 4.03. The summed E-state index contributed by atoms with van der Waals surface area (Å²) in [6.45, 7) is 5.52.